The lowest BCUT2D eigenvalue weighted by molar-refractivity contribution is -0.115. The number of hydrogen-bond acceptors (Lipinski definition) is 5. The highest BCUT2D eigenvalue weighted by Gasteiger charge is 2.23. The van der Waals surface area contributed by atoms with E-state index in [1.165, 1.54) is 5.56 Å². The van der Waals surface area contributed by atoms with E-state index in [0.29, 0.717) is 30.8 Å². The van der Waals surface area contributed by atoms with Gasteiger partial charge in [0.05, 0.1) is 6.42 Å². The molecule has 0 saturated carbocycles. The fraction of sp³-hybridized carbons (Fsp3) is 0.259. The Morgan fingerprint density at radius 3 is 2.29 bits per heavy atom. The van der Waals surface area contributed by atoms with Crippen LogP contribution in [0.4, 0.5) is 5.69 Å². The van der Waals surface area contributed by atoms with Gasteiger partial charge in [-0.25, -0.2) is 0 Å². The summed E-state index contributed by atoms with van der Waals surface area (Å²) in [6.45, 7) is 4.08. The first-order chi connectivity index (χ1) is 16.6. The molecule has 5 rings (SSSR count). The first-order valence-electron chi connectivity index (χ1n) is 11.5. The van der Waals surface area contributed by atoms with Crippen LogP contribution >= 0.6 is 0 Å². The van der Waals surface area contributed by atoms with Crippen LogP contribution in [0.3, 0.4) is 0 Å². The van der Waals surface area contributed by atoms with Crippen molar-refractivity contribution in [3.63, 3.8) is 0 Å². The van der Waals surface area contributed by atoms with Crippen LogP contribution < -0.4 is 14.8 Å². The molecular formula is C27H27N3O4. The standard InChI is InChI=1S/C27H27N3O4/c31-26(17-20-4-2-1-3-5-20)28-23-9-7-22(8-10-23)27(32)30-14-12-29(13-15-30)18-21-6-11-24-25(16-21)34-19-33-24/h1-11,16H,12-15,17-19H2,(H,28,31). The molecular weight excluding hydrogens is 430 g/mol. The Morgan fingerprint density at radius 1 is 0.794 bits per heavy atom. The van der Waals surface area contributed by atoms with Crippen LogP contribution in [0.1, 0.15) is 21.5 Å². The molecule has 0 radical (unpaired) electrons. The molecule has 0 atom stereocenters. The molecule has 0 spiro atoms. The second-order valence-electron chi connectivity index (χ2n) is 8.54. The quantitative estimate of drug-likeness (QED) is 0.613. The number of hydrogen-bond donors (Lipinski definition) is 1. The van der Waals surface area contributed by atoms with E-state index < -0.39 is 0 Å². The Morgan fingerprint density at radius 2 is 1.53 bits per heavy atom. The van der Waals surface area contributed by atoms with Gasteiger partial charge in [0.2, 0.25) is 12.7 Å². The van der Waals surface area contributed by atoms with Gasteiger partial charge in [-0.3, -0.25) is 14.5 Å². The van der Waals surface area contributed by atoms with Crippen molar-refractivity contribution in [3.8, 4) is 11.5 Å². The molecule has 2 heterocycles. The molecule has 34 heavy (non-hydrogen) atoms. The fourth-order valence-corrected chi connectivity index (χ4v) is 4.27. The molecule has 1 N–H and O–H groups in total. The number of anilines is 1. The van der Waals surface area contributed by atoms with E-state index in [1.54, 1.807) is 24.3 Å². The molecule has 0 bridgehead atoms. The minimum atomic E-state index is -0.0798. The summed E-state index contributed by atoms with van der Waals surface area (Å²) >= 11 is 0. The Balaban J connectivity index is 1.11. The number of piperazine rings is 1. The topological polar surface area (TPSA) is 71.1 Å². The lowest BCUT2D eigenvalue weighted by Gasteiger charge is -2.34. The summed E-state index contributed by atoms with van der Waals surface area (Å²) in [5.41, 5.74) is 3.45. The molecule has 1 saturated heterocycles. The van der Waals surface area contributed by atoms with E-state index in [2.05, 4.69) is 16.3 Å². The van der Waals surface area contributed by atoms with Gasteiger partial charge in [-0.1, -0.05) is 36.4 Å². The van der Waals surface area contributed by atoms with Crippen molar-refractivity contribution in [2.24, 2.45) is 0 Å². The van der Waals surface area contributed by atoms with E-state index in [4.69, 9.17) is 9.47 Å². The number of amides is 2. The number of benzene rings is 3. The predicted molar refractivity (Wildman–Crippen MR) is 129 cm³/mol. The smallest absolute Gasteiger partial charge is 0.253 e. The molecule has 174 valence electrons. The van der Waals surface area contributed by atoms with Gasteiger partial charge in [0, 0.05) is 44.0 Å². The number of nitrogens with one attached hydrogen (secondary N) is 1. The van der Waals surface area contributed by atoms with E-state index in [9.17, 15) is 9.59 Å². The average molecular weight is 458 g/mol. The highest BCUT2D eigenvalue weighted by Crippen LogP contribution is 2.32. The van der Waals surface area contributed by atoms with E-state index in [0.717, 1.165) is 36.7 Å². The Bertz CT molecular complexity index is 1160. The number of fused-ring (bicyclic) bond motifs is 1. The summed E-state index contributed by atoms with van der Waals surface area (Å²) in [6, 6.07) is 22.8. The van der Waals surface area contributed by atoms with Crippen molar-refractivity contribution in [2.75, 3.05) is 38.3 Å². The minimum absolute atomic E-state index is 0.0184. The zero-order valence-corrected chi connectivity index (χ0v) is 18.9. The summed E-state index contributed by atoms with van der Waals surface area (Å²) in [7, 11) is 0. The van der Waals surface area contributed by atoms with Crippen molar-refractivity contribution in [2.45, 2.75) is 13.0 Å². The van der Waals surface area contributed by atoms with Gasteiger partial charge in [0.25, 0.3) is 5.91 Å². The summed E-state index contributed by atoms with van der Waals surface area (Å²) in [5.74, 6) is 1.53. The number of carbonyl (C=O) groups excluding carboxylic acids is 2. The predicted octanol–water partition coefficient (Wildman–Crippen LogP) is 3.55. The van der Waals surface area contributed by atoms with E-state index in [1.807, 2.05) is 47.4 Å². The minimum Gasteiger partial charge on any atom is -0.454 e. The maximum atomic E-state index is 13.0. The number of rotatable bonds is 6. The van der Waals surface area contributed by atoms with Gasteiger partial charge in [-0.05, 0) is 47.5 Å². The molecule has 2 amide bonds. The highest BCUT2D eigenvalue weighted by molar-refractivity contribution is 5.96. The van der Waals surface area contributed by atoms with Crippen LogP contribution in [0.2, 0.25) is 0 Å². The number of ether oxygens (including phenoxy) is 2. The van der Waals surface area contributed by atoms with Crippen LogP contribution in [0.5, 0.6) is 11.5 Å². The van der Waals surface area contributed by atoms with Gasteiger partial charge in [0.1, 0.15) is 0 Å². The average Bonchev–Trinajstić information content (AvgIpc) is 3.33. The van der Waals surface area contributed by atoms with Gasteiger partial charge < -0.3 is 19.7 Å². The van der Waals surface area contributed by atoms with Gasteiger partial charge in [-0.15, -0.1) is 0 Å². The monoisotopic (exact) mass is 457 g/mol. The van der Waals surface area contributed by atoms with E-state index >= 15 is 0 Å². The van der Waals surface area contributed by atoms with Crippen molar-refractivity contribution in [3.05, 3.63) is 89.5 Å². The number of carbonyl (C=O) groups is 2. The molecule has 7 nitrogen and oxygen atoms in total. The second kappa shape index (κ2) is 9.97. The molecule has 3 aromatic rings. The third kappa shape index (κ3) is 5.21. The van der Waals surface area contributed by atoms with Crippen molar-refractivity contribution < 1.29 is 19.1 Å². The van der Waals surface area contributed by atoms with Gasteiger partial charge in [-0.2, -0.15) is 0 Å². The molecule has 0 aromatic heterocycles. The lowest BCUT2D eigenvalue weighted by Crippen LogP contribution is -2.48. The maximum absolute atomic E-state index is 13.0. The van der Waals surface area contributed by atoms with Crippen molar-refractivity contribution >= 4 is 17.5 Å². The van der Waals surface area contributed by atoms with Crippen LogP contribution in [0.25, 0.3) is 0 Å². The summed E-state index contributed by atoms with van der Waals surface area (Å²) < 4.78 is 10.8. The Labute approximate surface area is 198 Å². The molecule has 2 aliphatic heterocycles. The molecule has 0 unspecified atom stereocenters. The Hall–Kier alpha value is -3.84. The van der Waals surface area contributed by atoms with Crippen LogP contribution in [0.15, 0.2) is 72.8 Å². The summed E-state index contributed by atoms with van der Waals surface area (Å²) in [6.07, 6.45) is 0.318. The first-order valence-corrected chi connectivity index (χ1v) is 11.5. The Kier molecular flexibility index (Phi) is 6.44. The van der Waals surface area contributed by atoms with Gasteiger partial charge in [0.15, 0.2) is 11.5 Å². The zero-order chi connectivity index (χ0) is 23.3. The van der Waals surface area contributed by atoms with E-state index in [-0.39, 0.29) is 18.6 Å². The van der Waals surface area contributed by atoms with Gasteiger partial charge >= 0.3 is 0 Å². The second-order valence-corrected chi connectivity index (χ2v) is 8.54. The first kappa shape index (κ1) is 22.0. The summed E-state index contributed by atoms with van der Waals surface area (Å²) in [5, 5.41) is 2.89. The SMILES string of the molecule is O=C(Cc1ccccc1)Nc1ccc(C(=O)N2CCN(Cc3ccc4c(c3)OCO4)CC2)cc1. The van der Waals surface area contributed by atoms with Crippen molar-refractivity contribution in [1.82, 2.24) is 9.80 Å². The molecule has 2 aliphatic rings. The molecule has 3 aromatic carbocycles. The normalized spacial score (nSPS) is 15.2. The van der Waals surface area contributed by atoms with Crippen LogP contribution in [-0.2, 0) is 17.8 Å². The van der Waals surface area contributed by atoms with Crippen LogP contribution in [0, 0.1) is 0 Å². The zero-order valence-electron chi connectivity index (χ0n) is 18.9. The third-order valence-electron chi connectivity index (χ3n) is 6.13. The molecule has 0 aliphatic carbocycles. The highest BCUT2D eigenvalue weighted by atomic mass is 16.7. The largest absolute Gasteiger partial charge is 0.454 e. The van der Waals surface area contributed by atoms with Crippen LogP contribution in [-0.4, -0.2) is 54.6 Å². The molecule has 7 heteroatoms. The summed E-state index contributed by atoms with van der Waals surface area (Å²) in [4.78, 5) is 29.4. The molecule has 1 fully saturated rings. The number of nitrogens with zero attached hydrogens (tertiary/aromatic N) is 2. The third-order valence-corrected chi connectivity index (χ3v) is 6.13. The maximum Gasteiger partial charge on any atom is 0.253 e. The lowest BCUT2D eigenvalue weighted by atomic mass is 10.1. The van der Waals surface area contributed by atoms with Crippen molar-refractivity contribution in [1.29, 1.82) is 0 Å². The fourth-order valence-electron chi connectivity index (χ4n) is 4.27.